The molecule has 6 nitrogen and oxygen atoms in total. The number of benzene rings is 1. The van der Waals surface area contributed by atoms with Crippen LogP contribution in [0.3, 0.4) is 0 Å². The standard InChI is InChI=1S/C18H25N5O/c1-12-4-5-13(19-16-8-9-24-11-18(16,2)3)10-15(12)17-20-21-22-23(17)14-6-7-14/h4-5,10,14,16,19H,6-9,11H2,1-3H3. The zero-order chi connectivity index (χ0) is 16.7. The average molecular weight is 327 g/mol. The third-order valence-electron chi connectivity index (χ3n) is 5.17. The van der Waals surface area contributed by atoms with Crippen molar-refractivity contribution in [3.8, 4) is 11.4 Å². The summed E-state index contributed by atoms with van der Waals surface area (Å²) >= 11 is 0. The molecule has 1 N–H and O–H groups in total. The van der Waals surface area contributed by atoms with Gasteiger partial charge in [0.1, 0.15) is 0 Å². The lowest BCUT2D eigenvalue weighted by Gasteiger charge is -2.39. The highest BCUT2D eigenvalue weighted by Gasteiger charge is 2.33. The molecule has 2 heterocycles. The van der Waals surface area contributed by atoms with Crippen molar-refractivity contribution in [2.45, 2.75) is 52.1 Å². The predicted molar refractivity (Wildman–Crippen MR) is 92.9 cm³/mol. The van der Waals surface area contributed by atoms with Crippen molar-refractivity contribution in [3.63, 3.8) is 0 Å². The lowest BCUT2D eigenvalue weighted by Crippen LogP contribution is -2.44. The number of anilines is 1. The van der Waals surface area contributed by atoms with Crippen LogP contribution >= 0.6 is 0 Å². The van der Waals surface area contributed by atoms with Gasteiger partial charge >= 0.3 is 0 Å². The van der Waals surface area contributed by atoms with E-state index in [4.69, 9.17) is 4.74 Å². The van der Waals surface area contributed by atoms with Gasteiger partial charge in [0.2, 0.25) is 0 Å². The van der Waals surface area contributed by atoms with E-state index >= 15 is 0 Å². The maximum absolute atomic E-state index is 5.63. The molecule has 2 aromatic rings. The Labute approximate surface area is 142 Å². The Bertz CT molecular complexity index is 735. The average Bonchev–Trinajstić information content (AvgIpc) is 3.28. The minimum Gasteiger partial charge on any atom is -0.382 e. The molecule has 1 aliphatic heterocycles. The number of hydrogen-bond acceptors (Lipinski definition) is 5. The molecule has 1 aliphatic carbocycles. The van der Waals surface area contributed by atoms with Gasteiger partial charge in [-0.25, -0.2) is 4.68 Å². The Morgan fingerprint density at radius 3 is 2.83 bits per heavy atom. The van der Waals surface area contributed by atoms with Crippen molar-refractivity contribution < 1.29 is 4.74 Å². The highest BCUT2D eigenvalue weighted by Crippen LogP contribution is 2.38. The smallest absolute Gasteiger partial charge is 0.182 e. The summed E-state index contributed by atoms with van der Waals surface area (Å²) in [6.45, 7) is 8.24. The molecule has 1 aromatic heterocycles. The van der Waals surface area contributed by atoms with E-state index in [-0.39, 0.29) is 5.41 Å². The van der Waals surface area contributed by atoms with Crippen LogP contribution in [0.15, 0.2) is 18.2 Å². The van der Waals surface area contributed by atoms with E-state index in [1.54, 1.807) is 0 Å². The summed E-state index contributed by atoms with van der Waals surface area (Å²) in [7, 11) is 0. The molecule has 1 unspecified atom stereocenters. The van der Waals surface area contributed by atoms with Crippen LogP contribution in [0, 0.1) is 12.3 Å². The lowest BCUT2D eigenvalue weighted by atomic mass is 9.81. The van der Waals surface area contributed by atoms with Gasteiger partial charge in [0.25, 0.3) is 0 Å². The van der Waals surface area contributed by atoms with Crippen molar-refractivity contribution >= 4 is 5.69 Å². The van der Waals surface area contributed by atoms with Crippen molar-refractivity contribution in [1.82, 2.24) is 20.2 Å². The Morgan fingerprint density at radius 2 is 2.08 bits per heavy atom. The van der Waals surface area contributed by atoms with Crippen LogP contribution in [-0.2, 0) is 4.74 Å². The third kappa shape index (κ3) is 2.90. The molecule has 1 aromatic carbocycles. The lowest BCUT2D eigenvalue weighted by molar-refractivity contribution is 0.00347. The Balaban J connectivity index is 1.63. The SMILES string of the molecule is Cc1ccc(NC2CCOCC2(C)C)cc1-c1nnnn1C1CC1. The number of nitrogens with zero attached hydrogens (tertiary/aromatic N) is 4. The van der Waals surface area contributed by atoms with Crippen LogP contribution in [-0.4, -0.2) is 39.5 Å². The van der Waals surface area contributed by atoms with Crippen molar-refractivity contribution in [3.05, 3.63) is 23.8 Å². The fourth-order valence-corrected chi connectivity index (χ4v) is 3.39. The van der Waals surface area contributed by atoms with Gasteiger partial charge in [-0.3, -0.25) is 0 Å². The van der Waals surface area contributed by atoms with Gasteiger partial charge in [-0.1, -0.05) is 19.9 Å². The zero-order valence-electron chi connectivity index (χ0n) is 14.6. The van der Waals surface area contributed by atoms with Gasteiger partial charge in [0, 0.05) is 29.3 Å². The molecule has 6 heteroatoms. The summed E-state index contributed by atoms with van der Waals surface area (Å²) < 4.78 is 7.61. The molecule has 0 spiro atoms. The molecule has 1 atom stereocenters. The van der Waals surface area contributed by atoms with Crippen molar-refractivity contribution in [2.75, 3.05) is 18.5 Å². The molecule has 1 saturated carbocycles. The molecule has 4 rings (SSSR count). The summed E-state index contributed by atoms with van der Waals surface area (Å²) in [4.78, 5) is 0. The second kappa shape index (κ2) is 5.84. The molecular formula is C18H25N5O. The Hall–Kier alpha value is -1.95. The number of tetrazole rings is 1. The van der Waals surface area contributed by atoms with Crippen molar-refractivity contribution in [1.29, 1.82) is 0 Å². The summed E-state index contributed by atoms with van der Waals surface area (Å²) in [6, 6.07) is 7.36. The first-order chi connectivity index (χ1) is 11.5. The third-order valence-corrected chi connectivity index (χ3v) is 5.17. The van der Waals surface area contributed by atoms with Crippen LogP contribution in [0.2, 0.25) is 0 Å². The van der Waals surface area contributed by atoms with Gasteiger partial charge in [0.15, 0.2) is 5.82 Å². The molecule has 0 bridgehead atoms. The monoisotopic (exact) mass is 327 g/mol. The summed E-state index contributed by atoms with van der Waals surface area (Å²) in [5.41, 5.74) is 3.56. The summed E-state index contributed by atoms with van der Waals surface area (Å²) in [6.07, 6.45) is 3.37. The molecular weight excluding hydrogens is 302 g/mol. The Kier molecular flexibility index (Phi) is 3.79. The van der Waals surface area contributed by atoms with E-state index in [0.717, 1.165) is 36.7 Å². The van der Waals surface area contributed by atoms with Crippen LogP contribution < -0.4 is 5.32 Å². The van der Waals surface area contributed by atoms with Gasteiger partial charge in [0.05, 0.1) is 12.6 Å². The molecule has 0 radical (unpaired) electrons. The fraction of sp³-hybridized carbons (Fsp3) is 0.611. The number of nitrogens with one attached hydrogen (secondary N) is 1. The number of aryl methyl sites for hydroxylation is 1. The predicted octanol–water partition coefficient (Wildman–Crippen LogP) is 3.21. The largest absolute Gasteiger partial charge is 0.382 e. The number of ether oxygens (including phenoxy) is 1. The maximum atomic E-state index is 5.63. The molecule has 128 valence electrons. The first-order valence-electron chi connectivity index (χ1n) is 8.78. The minimum atomic E-state index is 0.124. The van der Waals surface area contributed by atoms with Crippen molar-refractivity contribution in [2.24, 2.45) is 5.41 Å². The van der Waals surface area contributed by atoms with E-state index in [9.17, 15) is 0 Å². The number of hydrogen-bond donors (Lipinski definition) is 1. The van der Waals surface area contributed by atoms with Crippen LogP contribution in [0.4, 0.5) is 5.69 Å². The van der Waals surface area contributed by atoms with Gasteiger partial charge < -0.3 is 10.1 Å². The van der Waals surface area contributed by atoms with Crippen LogP contribution in [0.5, 0.6) is 0 Å². The van der Waals surface area contributed by atoms with E-state index in [1.165, 1.54) is 18.4 Å². The van der Waals surface area contributed by atoms with E-state index < -0.39 is 0 Å². The summed E-state index contributed by atoms with van der Waals surface area (Å²) in [5.74, 6) is 0.880. The van der Waals surface area contributed by atoms with Crippen LogP contribution in [0.1, 0.15) is 44.7 Å². The molecule has 2 aliphatic rings. The minimum absolute atomic E-state index is 0.124. The quantitative estimate of drug-likeness (QED) is 0.934. The van der Waals surface area contributed by atoms with Crippen LogP contribution in [0.25, 0.3) is 11.4 Å². The molecule has 2 fully saturated rings. The number of aromatic nitrogens is 4. The van der Waals surface area contributed by atoms with Gasteiger partial charge in [-0.15, -0.1) is 5.10 Å². The highest BCUT2D eigenvalue weighted by molar-refractivity contribution is 5.66. The number of rotatable bonds is 4. The molecule has 0 amide bonds. The van der Waals surface area contributed by atoms with E-state index in [1.807, 2.05) is 4.68 Å². The normalized spacial score (nSPS) is 23.2. The Morgan fingerprint density at radius 1 is 1.25 bits per heavy atom. The van der Waals surface area contributed by atoms with Gasteiger partial charge in [-0.05, 0) is 54.3 Å². The second-order valence-corrected chi connectivity index (χ2v) is 7.73. The summed E-state index contributed by atoms with van der Waals surface area (Å²) in [5, 5.41) is 16.1. The second-order valence-electron chi connectivity index (χ2n) is 7.73. The maximum Gasteiger partial charge on any atom is 0.182 e. The van der Waals surface area contributed by atoms with Gasteiger partial charge in [-0.2, -0.15) is 0 Å². The molecule has 1 saturated heterocycles. The fourth-order valence-electron chi connectivity index (χ4n) is 3.39. The van der Waals surface area contributed by atoms with E-state index in [2.05, 4.69) is 59.8 Å². The highest BCUT2D eigenvalue weighted by atomic mass is 16.5. The van der Waals surface area contributed by atoms with E-state index in [0.29, 0.717) is 12.1 Å². The zero-order valence-corrected chi connectivity index (χ0v) is 14.6. The molecule has 24 heavy (non-hydrogen) atoms. The first-order valence-corrected chi connectivity index (χ1v) is 8.78. The topological polar surface area (TPSA) is 64.9 Å². The first kappa shape index (κ1) is 15.6.